The first-order valence-corrected chi connectivity index (χ1v) is 5.82. The quantitative estimate of drug-likeness (QED) is 0.872. The van der Waals surface area contributed by atoms with Crippen LogP contribution in [0.25, 0.3) is 10.9 Å². The molecular formula is C13H17N3O. The third-order valence-corrected chi connectivity index (χ3v) is 2.80. The van der Waals surface area contributed by atoms with E-state index >= 15 is 0 Å². The smallest absolute Gasteiger partial charge is 0.0950 e. The number of anilines is 1. The predicted octanol–water partition coefficient (Wildman–Crippen LogP) is 1.84. The minimum Gasteiger partial charge on any atom is -0.395 e. The molecule has 0 unspecified atom stereocenters. The van der Waals surface area contributed by atoms with Gasteiger partial charge in [-0.15, -0.1) is 0 Å². The molecule has 0 aliphatic carbocycles. The molecule has 1 aromatic heterocycles. The summed E-state index contributed by atoms with van der Waals surface area (Å²) in [5.74, 6) is 0. The highest BCUT2D eigenvalue weighted by Crippen LogP contribution is 2.25. The maximum absolute atomic E-state index is 9.14. The van der Waals surface area contributed by atoms with Crippen LogP contribution in [0.15, 0.2) is 30.5 Å². The summed E-state index contributed by atoms with van der Waals surface area (Å²) in [7, 11) is 0. The Labute approximate surface area is 101 Å². The van der Waals surface area contributed by atoms with Crippen LogP contribution in [0, 0.1) is 0 Å². The van der Waals surface area contributed by atoms with E-state index < -0.39 is 0 Å². The van der Waals surface area contributed by atoms with Gasteiger partial charge >= 0.3 is 0 Å². The van der Waals surface area contributed by atoms with Crippen LogP contribution < -0.4 is 4.90 Å². The third-order valence-electron chi connectivity index (χ3n) is 2.80. The van der Waals surface area contributed by atoms with E-state index in [0.29, 0.717) is 12.6 Å². The van der Waals surface area contributed by atoms with Crippen LogP contribution in [0.5, 0.6) is 0 Å². The first-order valence-electron chi connectivity index (χ1n) is 5.82. The van der Waals surface area contributed by atoms with Gasteiger partial charge in [0.15, 0.2) is 0 Å². The van der Waals surface area contributed by atoms with Gasteiger partial charge in [-0.1, -0.05) is 18.2 Å². The molecule has 1 heterocycles. The molecule has 0 atom stereocenters. The minimum absolute atomic E-state index is 0.134. The van der Waals surface area contributed by atoms with Gasteiger partial charge < -0.3 is 10.0 Å². The Kier molecular flexibility index (Phi) is 3.54. The van der Waals surface area contributed by atoms with Crippen LogP contribution in [-0.4, -0.2) is 34.5 Å². The lowest BCUT2D eigenvalue weighted by atomic mass is 10.1. The molecule has 4 heteroatoms. The van der Waals surface area contributed by atoms with Crippen LogP contribution in [0.4, 0.5) is 5.69 Å². The average Bonchev–Trinajstić information content (AvgIpc) is 2.35. The fraction of sp³-hybridized carbons (Fsp3) is 0.385. The average molecular weight is 231 g/mol. The van der Waals surface area contributed by atoms with Gasteiger partial charge in [-0.2, -0.15) is 10.2 Å². The van der Waals surface area contributed by atoms with Crippen molar-refractivity contribution in [2.24, 2.45) is 0 Å². The zero-order valence-corrected chi connectivity index (χ0v) is 10.2. The van der Waals surface area contributed by atoms with Crippen molar-refractivity contribution in [2.75, 3.05) is 18.1 Å². The maximum atomic E-state index is 9.14. The van der Waals surface area contributed by atoms with Crippen molar-refractivity contribution < 1.29 is 5.11 Å². The molecule has 0 aliphatic rings. The maximum Gasteiger partial charge on any atom is 0.0950 e. The summed E-state index contributed by atoms with van der Waals surface area (Å²) in [5, 5.41) is 18.3. The summed E-state index contributed by atoms with van der Waals surface area (Å²) < 4.78 is 0. The molecule has 0 bridgehead atoms. The molecule has 17 heavy (non-hydrogen) atoms. The normalized spacial score (nSPS) is 11.1. The monoisotopic (exact) mass is 231 g/mol. The molecule has 0 amide bonds. The van der Waals surface area contributed by atoms with Gasteiger partial charge in [-0.05, 0) is 19.9 Å². The summed E-state index contributed by atoms with van der Waals surface area (Å²) in [5.41, 5.74) is 1.91. The second-order valence-electron chi connectivity index (χ2n) is 4.26. The van der Waals surface area contributed by atoms with Gasteiger partial charge in [0.1, 0.15) is 0 Å². The fourth-order valence-electron chi connectivity index (χ4n) is 1.99. The van der Waals surface area contributed by atoms with Crippen molar-refractivity contribution in [3.8, 4) is 0 Å². The largest absolute Gasteiger partial charge is 0.395 e. The van der Waals surface area contributed by atoms with Gasteiger partial charge in [-0.3, -0.25) is 0 Å². The Hall–Kier alpha value is -1.68. The van der Waals surface area contributed by atoms with E-state index in [2.05, 4.69) is 28.9 Å². The molecule has 4 nitrogen and oxygen atoms in total. The van der Waals surface area contributed by atoms with E-state index in [1.165, 1.54) is 0 Å². The third kappa shape index (κ3) is 2.36. The summed E-state index contributed by atoms with van der Waals surface area (Å²) in [4.78, 5) is 2.14. The van der Waals surface area contributed by atoms with Crippen molar-refractivity contribution in [3.05, 3.63) is 30.5 Å². The van der Waals surface area contributed by atoms with Crippen LogP contribution in [-0.2, 0) is 0 Å². The molecule has 0 fully saturated rings. The molecular weight excluding hydrogens is 214 g/mol. The number of nitrogens with zero attached hydrogens (tertiary/aromatic N) is 3. The predicted molar refractivity (Wildman–Crippen MR) is 69.1 cm³/mol. The van der Waals surface area contributed by atoms with Crippen LogP contribution in [0.2, 0.25) is 0 Å². The summed E-state index contributed by atoms with van der Waals surface area (Å²) in [6, 6.07) is 8.24. The highest BCUT2D eigenvalue weighted by molar-refractivity contribution is 5.90. The molecule has 0 aliphatic heterocycles. The van der Waals surface area contributed by atoms with E-state index in [0.717, 1.165) is 16.6 Å². The second-order valence-corrected chi connectivity index (χ2v) is 4.26. The van der Waals surface area contributed by atoms with E-state index in [1.54, 1.807) is 6.20 Å². The Morgan fingerprint density at radius 1 is 1.29 bits per heavy atom. The van der Waals surface area contributed by atoms with Crippen molar-refractivity contribution in [2.45, 2.75) is 19.9 Å². The Balaban J connectivity index is 2.52. The second kappa shape index (κ2) is 5.10. The van der Waals surface area contributed by atoms with Gasteiger partial charge in [0, 0.05) is 18.0 Å². The highest BCUT2D eigenvalue weighted by Gasteiger charge is 2.13. The lowest BCUT2D eigenvalue weighted by molar-refractivity contribution is 0.299. The van der Waals surface area contributed by atoms with E-state index in [1.807, 2.05) is 24.3 Å². The highest BCUT2D eigenvalue weighted by atomic mass is 16.3. The van der Waals surface area contributed by atoms with Gasteiger partial charge in [0.25, 0.3) is 0 Å². The number of rotatable bonds is 4. The summed E-state index contributed by atoms with van der Waals surface area (Å²) in [6.07, 6.45) is 1.76. The van der Waals surface area contributed by atoms with Gasteiger partial charge in [-0.25, -0.2) is 0 Å². The minimum atomic E-state index is 0.134. The zero-order valence-electron chi connectivity index (χ0n) is 10.2. The first-order chi connectivity index (χ1) is 8.24. The standard InChI is InChI=1S/C13H17N3O/c1-10(2)16(7-8-17)13-9-14-15-12-6-4-3-5-11(12)13/h3-6,9-10,17H,7-8H2,1-2H3. The molecule has 90 valence electrons. The molecule has 0 saturated heterocycles. The summed E-state index contributed by atoms with van der Waals surface area (Å²) in [6.45, 7) is 4.94. The molecule has 2 rings (SSSR count). The zero-order chi connectivity index (χ0) is 12.3. The van der Waals surface area contributed by atoms with Crippen molar-refractivity contribution >= 4 is 16.6 Å². The van der Waals surface area contributed by atoms with Gasteiger partial charge in [0.05, 0.1) is 24.0 Å². The number of hydrogen-bond acceptors (Lipinski definition) is 4. The topological polar surface area (TPSA) is 49.2 Å². The lowest BCUT2D eigenvalue weighted by Crippen LogP contribution is -2.33. The SMILES string of the molecule is CC(C)N(CCO)c1cnnc2ccccc12. The molecule has 0 saturated carbocycles. The van der Waals surface area contributed by atoms with E-state index in [4.69, 9.17) is 5.11 Å². The molecule has 1 aromatic carbocycles. The molecule has 2 aromatic rings. The Bertz CT molecular complexity index is 493. The number of aliphatic hydroxyl groups is 1. The number of aromatic nitrogens is 2. The number of aliphatic hydroxyl groups excluding tert-OH is 1. The molecule has 0 spiro atoms. The van der Waals surface area contributed by atoms with Crippen molar-refractivity contribution in [3.63, 3.8) is 0 Å². The molecule has 0 radical (unpaired) electrons. The van der Waals surface area contributed by atoms with Crippen molar-refractivity contribution in [1.29, 1.82) is 0 Å². The first kappa shape index (κ1) is 11.8. The van der Waals surface area contributed by atoms with Crippen LogP contribution >= 0.6 is 0 Å². The lowest BCUT2D eigenvalue weighted by Gasteiger charge is -2.28. The van der Waals surface area contributed by atoms with Crippen LogP contribution in [0.1, 0.15) is 13.8 Å². The number of fused-ring (bicyclic) bond motifs is 1. The molecule has 1 N–H and O–H groups in total. The van der Waals surface area contributed by atoms with Crippen LogP contribution in [0.3, 0.4) is 0 Å². The van der Waals surface area contributed by atoms with E-state index in [-0.39, 0.29) is 6.61 Å². The van der Waals surface area contributed by atoms with Crippen molar-refractivity contribution in [1.82, 2.24) is 10.2 Å². The summed E-state index contributed by atoms with van der Waals surface area (Å²) >= 11 is 0. The Morgan fingerprint density at radius 2 is 2.06 bits per heavy atom. The number of benzene rings is 1. The number of hydrogen-bond donors (Lipinski definition) is 1. The van der Waals surface area contributed by atoms with E-state index in [9.17, 15) is 0 Å². The fourth-order valence-corrected chi connectivity index (χ4v) is 1.99. The van der Waals surface area contributed by atoms with Gasteiger partial charge in [0.2, 0.25) is 0 Å². The Morgan fingerprint density at radius 3 is 2.76 bits per heavy atom.